The number of hydrogen-bond acceptors (Lipinski definition) is 4. The Bertz CT molecular complexity index is 890. The van der Waals surface area contributed by atoms with Crippen LogP contribution in [0.1, 0.15) is 12.0 Å². The number of imide groups is 1. The molecular formula is C23H24IN3O2. The number of halogens is 1. The van der Waals surface area contributed by atoms with Crippen LogP contribution in [0.2, 0.25) is 0 Å². The zero-order valence-electron chi connectivity index (χ0n) is 16.2. The molecule has 0 spiro atoms. The molecule has 1 atom stereocenters. The maximum absolute atomic E-state index is 12.9. The van der Waals surface area contributed by atoms with E-state index in [2.05, 4.69) is 56.7 Å². The standard InChI is InChI=1S/C23H24IN3O2/c24-19-8-10-20(11-9-19)27-22(28)17-21(23(27)29)26-15-13-25(14-16-26)12-4-7-18-5-2-1-3-6-18/h1-11,21H,12-17H2/b7-4+. The van der Waals surface area contributed by atoms with E-state index in [4.69, 9.17) is 0 Å². The second kappa shape index (κ2) is 9.19. The summed E-state index contributed by atoms with van der Waals surface area (Å²) in [5.74, 6) is -0.192. The molecule has 150 valence electrons. The monoisotopic (exact) mass is 501 g/mol. The molecule has 0 aromatic heterocycles. The van der Waals surface area contributed by atoms with Gasteiger partial charge < -0.3 is 0 Å². The van der Waals surface area contributed by atoms with E-state index in [9.17, 15) is 9.59 Å². The van der Waals surface area contributed by atoms with Crippen LogP contribution in [0.15, 0.2) is 60.7 Å². The van der Waals surface area contributed by atoms with Gasteiger partial charge in [0.05, 0.1) is 18.2 Å². The predicted molar refractivity (Wildman–Crippen MR) is 124 cm³/mol. The van der Waals surface area contributed by atoms with Crippen LogP contribution in [-0.4, -0.2) is 60.4 Å². The van der Waals surface area contributed by atoms with Crippen molar-refractivity contribution in [3.63, 3.8) is 0 Å². The van der Waals surface area contributed by atoms with Crippen molar-refractivity contribution in [1.82, 2.24) is 9.80 Å². The summed E-state index contributed by atoms with van der Waals surface area (Å²) in [6.07, 6.45) is 4.61. The van der Waals surface area contributed by atoms with E-state index in [1.54, 1.807) is 0 Å². The molecule has 2 saturated heterocycles. The zero-order chi connectivity index (χ0) is 20.2. The fraction of sp³-hybridized carbons (Fsp3) is 0.304. The number of anilines is 1. The minimum Gasteiger partial charge on any atom is -0.297 e. The van der Waals surface area contributed by atoms with Crippen LogP contribution in [-0.2, 0) is 9.59 Å². The fourth-order valence-corrected chi connectivity index (χ4v) is 4.28. The van der Waals surface area contributed by atoms with Gasteiger partial charge in [-0.1, -0.05) is 42.5 Å². The van der Waals surface area contributed by atoms with Gasteiger partial charge in [-0.2, -0.15) is 0 Å². The summed E-state index contributed by atoms with van der Waals surface area (Å²) in [6, 6.07) is 17.5. The first kappa shape index (κ1) is 20.3. The van der Waals surface area contributed by atoms with Gasteiger partial charge >= 0.3 is 0 Å². The van der Waals surface area contributed by atoms with Gasteiger partial charge in [-0.25, -0.2) is 4.90 Å². The number of benzene rings is 2. The third kappa shape index (κ3) is 4.76. The van der Waals surface area contributed by atoms with Crippen LogP contribution >= 0.6 is 22.6 Å². The minimum absolute atomic E-state index is 0.0892. The van der Waals surface area contributed by atoms with E-state index in [1.807, 2.05) is 42.5 Å². The first-order valence-electron chi connectivity index (χ1n) is 9.92. The van der Waals surface area contributed by atoms with Crippen molar-refractivity contribution in [3.8, 4) is 0 Å². The second-order valence-corrected chi connectivity index (χ2v) is 8.66. The molecule has 0 bridgehead atoms. The maximum atomic E-state index is 12.9. The smallest absolute Gasteiger partial charge is 0.251 e. The minimum atomic E-state index is -0.330. The summed E-state index contributed by atoms with van der Waals surface area (Å²) >= 11 is 2.22. The van der Waals surface area contributed by atoms with Crippen molar-refractivity contribution >= 4 is 46.2 Å². The molecule has 2 aromatic rings. The van der Waals surface area contributed by atoms with Crippen LogP contribution in [0, 0.1) is 3.57 Å². The number of carbonyl (C=O) groups is 2. The van der Waals surface area contributed by atoms with Crippen LogP contribution in [0.25, 0.3) is 6.08 Å². The molecule has 5 nitrogen and oxygen atoms in total. The van der Waals surface area contributed by atoms with Crippen molar-refractivity contribution in [2.75, 3.05) is 37.6 Å². The van der Waals surface area contributed by atoms with Gasteiger partial charge in [0.1, 0.15) is 0 Å². The van der Waals surface area contributed by atoms with Gasteiger partial charge in [-0.3, -0.25) is 19.4 Å². The number of nitrogens with zero attached hydrogens (tertiary/aromatic N) is 3. The topological polar surface area (TPSA) is 43.9 Å². The second-order valence-electron chi connectivity index (χ2n) is 7.41. The number of rotatable bonds is 5. The molecule has 4 rings (SSSR count). The van der Waals surface area contributed by atoms with Gasteiger partial charge in [0.2, 0.25) is 5.91 Å². The Hall–Kier alpha value is -2.03. The lowest BCUT2D eigenvalue weighted by Crippen LogP contribution is -2.52. The van der Waals surface area contributed by atoms with Crippen LogP contribution < -0.4 is 4.90 Å². The average molecular weight is 501 g/mol. The van der Waals surface area contributed by atoms with E-state index in [0.717, 1.165) is 36.3 Å². The highest BCUT2D eigenvalue weighted by Gasteiger charge is 2.43. The molecule has 2 aliphatic heterocycles. The van der Waals surface area contributed by atoms with Crippen molar-refractivity contribution in [1.29, 1.82) is 0 Å². The summed E-state index contributed by atoms with van der Waals surface area (Å²) in [7, 11) is 0. The molecule has 2 fully saturated rings. The average Bonchev–Trinajstić information content (AvgIpc) is 3.04. The Balaban J connectivity index is 1.31. The summed E-state index contributed by atoms with van der Waals surface area (Å²) in [4.78, 5) is 31.4. The van der Waals surface area contributed by atoms with E-state index < -0.39 is 0 Å². The quantitative estimate of drug-likeness (QED) is 0.466. The zero-order valence-corrected chi connectivity index (χ0v) is 18.4. The lowest BCUT2D eigenvalue weighted by Gasteiger charge is -2.36. The summed E-state index contributed by atoms with van der Waals surface area (Å²) in [6.45, 7) is 4.32. The molecular weight excluding hydrogens is 477 g/mol. The third-order valence-electron chi connectivity index (χ3n) is 5.53. The normalized spacial score (nSPS) is 21.4. The molecule has 0 radical (unpaired) electrons. The molecule has 2 aromatic carbocycles. The molecule has 0 N–H and O–H groups in total. The summed E-state index contributed by atoms with van der Waals surface area (Å²) in [5, 5.41) is 0. The molecule has 6 heteroatoms. The number of carbonyl (C=O) groups excluding carboxylic acids is 2. The first-order chi connectivity index (χ1) is 14.1. The van der Waals surface area contributed by atoms with Gasteiger partial charge in [0.15, 0.2) is 0 Å². The molecule has 0 saturated carbocycles. The van der Waals surface area contributed by atoms with Gasteiger partial charge in [-0.05, 0) is 52.4 Å². The predicted octanol–water partition coefficient (Wildman–Crippen LogP) is 3.25. The molecule has 2 heterocycles. The van der Waals surface area contributed by atoms with Gasteiger partial charge in [0.25, 0.3) is 5.91 Å². The molecule has 0 aliphatic carbocycles. The van der Waals surface area contributed by atoms with Crippen molar-refractivity contribution in [2.45, 2.75) is 12.5 Å². The van der Waals surface area contributed by atoms with Crippen molar-refractivity contribution in [2.24, 2.45) is 0 Å². The highest BCUT2D eigenvalue weighted by Crippen LogP contribution is 2.26. The molecule has 1 unspecified atom stereocenters. The van der Waals surface area contributed by atoms with Crippen LogP contribution in [0.4, 0.5) is 5.69 Å². The Labute approximate surface area is 185 Å². The van der Waals surface area contributed by atoms with E-state index in [0.29, 0.717) is 5.69 Å². The number of piperazine rings is 1. The SMILES string of the molecule is O=C1CC(N2CCN(C/C=C/c3ccccc3)CC2)C(=O)N1c1ccc(I)cc1. The first-order valence-corrected chi connectivity index (χ1v) is 11.0. The van der Waals surface area contributed by atoms with Crippen LogP contribution in [0.5, 0.6) is 0 Å². The van der Waals surface area contributed by atoms with E-state index in [1.165, 1.54) is 10.5 Å². The Morgan fingerprint density at radius 3 is 2.31 bits per heavy atom. The third-order valence-corrected chi connectivity index (χ3v) is 6.25. The highest BCUT2D eigenvalue weighted by atomic mass is 127. The Morgan fingerprint density at radius 2 is 1.62 bits per heavy atom. The highest BCUT2D eigenvalue weighted by molar-refractivity contribution is 14.1. The largest absolute Gasteiger partial charge is 0.297 e. The molecule has 2 amide bonds. The van der Waals surface area contributed by atoms with Gasteiger partial charge in [-0.15, -0.1) is 0 Å². The lowest BCUT2D eigenvalue weighted by atomic mass is 10.1. The van der Waals surface area contributed by atoms with Crippen LogP contribution in [0.3, 0.4) is 0 Å². The van der Waals surface area contributed by atoms with E-state index in [-0.39, 0.29) is 24.3 Å². The van der Waals surface area contributed by atoms with Gasteiger partial charge in [0, 0.05) is 36.3 Å². The fourth-order valence-electron chi connectivity index (χ4n) is 3.92. The summed E-state index contributed by atoms with van der Waals surface area (Å²) < 4.78 is 1.08. The Morgan fingerprint density at radius 1 is 0.931 bits per heavy atom. The maximum Gasteiger partial charge on any atom is 0.251 e. The lowest BCUT2D eigenvalue weighted by molar-refractivity contribution is -0.123. The Kier molecular flexibility index (Phi) is 6.42. The number of amides is 2. The van der Waals surface area contributed by atoms with Crippen molar-refractivity contribution in [3.05, 3.63) is 69.8 Å². The van der Waals surface area contributed by atoms with Crippen molar-refractivity contribution < 1.29 is 9.59 Å². The summed E-state index contributed by atoms with van der Waals surface area (Å²) in [5.41, 5.74) is 1.88. The molecule has 29 heavy (non-hydrogen) atoms. The molecule has 2 aliphatic rings. The number of hydrogen-bond donors (Lipinski definition) is 0. The van der Waals surface area contributed by atoms with E-state index >= 15 is 0 Å².